The lowest BCUT2D eigenvalue weighted by atomic mass is 10.00. The average Bonchev–Trinajstić information content (AvgIpc) is 2.35. The van der Waals surface area contributed by atoms with Crippen molar-refractivity contribution in [3.63, 3.8) is 0 Å². The van der Waals surface area contributed by atoms with Crippen LogP contribution in [-0.2, 0) is 0 Å². The number of carbonyl (C=O) groups excluding carboxylic acids is 1. The normalized spacial score (nSPS) is 12.1. The summed E-state index contributed by atoms with van der Waals surface area (Å²) >= 11 is 0. The Kier molecular flexibility index (Phi) is 6.15. The van der Waals surface area contributed by atoms with Gasteiger partial charge in [-0.2, -0.15) is 0 Å². The van der Waals surface area contributed by atoms with Gasteiger partial charge in [0.05, 0.1) is 0 Å². The fraction of sp³-hybridized carbons (Fsp3) is 0.500. The Labute approximate surface area is 112 Å². The number of benzene rings is 1. The molecular formula is C14H21NO4. The van der Waals surface area contributed by atoms with E-state index in [1.807, 2.05) is 0 Å². The molecular weight excluding hydrogens is 246 g/mol. The third-order valence-electron chi connectivity index (χ3n) is 2.95. The molecule has 4 N–H and O–H groups in total. The molecule has 0 saturated heterocycles. The summed E-state index contributed by atoms with van der Waals surface area (Å²) < 4.78 is 0. The van der Waals surface area contributed by atoms with E-state index in [1.165, 1.54) is 18.2 Å². The van der Waals surface area contributed by atoms with Gasteiger partial charge in [0.15, 0.2) is 0 Å². The minimum Gasteiger partial charge on any atom is -0.508 e. The van der Waals surface area contributed by atoms with E-state index in [0.717, 1.165) is 12.8 Å². The Morgan fingerprint density at radius 1 is 1.21 bits per heavy atom. The fourth-order valence-corrected chi connectivity index (χ4v) is 2.00. The van der Waals surface area contributed by atoms with Crippen molar-refractivity contribution in [3.05, 3.63) is 23.8 Å². The van der Waals surface area contributed by atoms with Gasteiger partial charge in [0.2, 0.25) is 0 Å². The molecule has 1 amide bonds. The molecule has 0 saturated carbocycles. The molecule has 0 bridgehead atoms. The van der Waals surface area contributed by atoms with Crippen molar-refractivity contribution >= 4 is 5.91 Å². The Bertz CT molecular complexity index is 394. The van der Waals surface area contributed by atoms with Gasteiger partial charge >= 0.3 is 0 Å². The maximum atomic E-state index is 11.9. The molecule has 0 aliphatic carbocycles. The number of aliphatic hydroxyl groups is 1. The number of nitrogens with one attached hydrogen (secondary N) is 1. The van der Waals surface area contributed by atoms with E-state index < -0.39 is 0 Å². The molecule has 0 aliphatic rings. The van der Waals surface area contributed by atoms with Crippen LogP contribution >= 0.6 is 0 Å². The molecule has 19 heavy (non-hydrogen) atoms. The second kappa shape index (κ2) is 7.63. The molecule has 5 nitrogen and oxygen atoms in total. The van der Waals surface area contributed by atoms with Crippen LogP contribution in [-0.4, -0.2) is 34.4 Å². The quantitative estimate of drug-likeness (QED) is 0.604. The van der Waals surface area contributed by atoms with E-state index in [-0.39, 0.29) is 35.5 Å². The predicted molar refractivity (Wildman–Crippen MR) is 72.2 cm³/mol. The van der Waals surface area contributed by atoms with Crippen LogP contribution in [0.2, 0.25) is 0 Å². The second-order valence-corrected chi connectivity index (χ2v) is 4.62. The lowest BCUT2D eigenvalue weighted by Crippen LogP contribution is -2.29. The van der Waals surface area contributed by atoms with Gasteiger partial charge < -0.3 is 20.6 Å². The largest absolute Gasteiger partial charge is 0.508 e. The summed E-state index contributed by atoms with van der Waals surface area (Å²) in [5.74, 6) is -0.397. The van der Waals surface area contributed by atoms with Gasteiger partial charge in [0, 0.05) is 24.8 Å². The van der Waals surface area contributed by atoms with Crippen LogP contribution in [0.1, 0.15) is 36.5 Å². The SMILES string of the molecule is CCCC(CCO)CNC(=O)c1cc(O)cc(O)c1. The van der Waals surface area contributed by atoms with Gasteiger partial charge in [0.1, 0.15) is 11.5 Å². The van der Waals surface area contributed by atoms with Crippen molar-refractivity contribution < 1.29 is 20.1 Å². The lowest BCUT2D eigenvalue weighted by Gasteiger charge is -2.15. The lowest BCUT2D eigenvalue weighted by molar-refractivity contribution is 0.0942. The number of phenolic OH excluding ortho intramolecular Hbond substituents is 2. The smallest absolute Gasteiger partial charge is 0.251 e. The molecule has 1 rings (SSSR count). The van der Waals surface area contributed by atoms with E-state index in [2.05, 4.69) is 12.2 Å². The third-order valence-corrected chi connectivity index (χ3v) is 2.95. The van der Waals surface area contributed by atoms with E-state index in [1.54, 1.807) is 0 Å². The predicted octanol–water partition coefficient (Wildman–Crippen LogP) is 1.63. The van der Waals surface area contributed by atoms with E-state index in [0.29, 0.717) is 13.0 Å². The molecule has 1 aromatic rings. The van der Waals surface area contributed by atoms with E-state index >= 15 is 0 Å². The van der Waals surface area contributed by atoms with E-state index in [4.69, 9.17) is 5.11 Å². The zero-order chi connectivity index (χ0) is 14.3. The summed E-state index contributed by atoms with van der Waals surface area (Å²) in [4.78, 5) is 11.9. The summed E-state index contributed by atoms with van der Waals surface area (Å²) in [6.45, 7) is 2.64. The molecule has 0 spiro atoms. The number of rotatable bonds is 7. The second-order valence-electron chi connectivity index (χ2n) is 4.62. The Morgan fingerprint density at radius 3 is 2.37 bits per heavy atom. The Balaban J connectivity index is 2.58. The first-order valence-corrected chi connectivity index (χ1v) is 6.49. The summed E-state index contributed by atoms with van der Waals surface area (Å²) in [7, 11) is 0. The molecule has 0 aromatic heterocycles. The Morgan fingerprint density at radius 2 is 1.84 bits per heavy atom. The van der Waals surface area contributed by atoms with Crippen molar-refractivity contribution in [2.75, 3.05) is 13.2 Å². The van der Waals surface area contributed by atoms with Crippen LogP contribution in [0.3, 0.4) is 0 Å². The van der Waals surface area contributed by atoms with Crippen molar-refractivity contribution in [1.29, 1.82) is 0 Å². The topological polar surface area (TPSA) is 89.8 Å². The van der Waals surface area contributed by atoms with Crippen molar-refractivity contribution in [1.82, 2.24) is 5.32 Å². The van der Waals surface area contributed by atoms with Gasteiger partial charge in [-0.25, -0.2) is 0 Å². The standard InChI is InChI=1S/C14H21NO4/c1-2-3-10(4-5-16)9-15-14(19)11-6-12(17)8-13(18)7-11/h6-8,10,16-18H,2-5,9H2,1H3,(H,15,19). The molecule has 0 radical (unpaired) electrons. The van der Waals surface area contributed by atoms with Crippen LogP contribution < -0.4 is 5.32 Å². The average molecular weight is 267 g/mol. The van der Waals surface area contributed by atoms with Gasteiger partial charge in [-0.3, -0.25) is 4.79 Å². The third kappa shape index (κ3) is 5.18. The molecule has 106 valence electrons. The highest BCUT2D eigenvalue weighted by molar-refractivity contribution is 5.95. The van der Waals surface area contributed by atoms with Crippen molar-refractivity contribution in [2.24, 2.45) is 5.92 Å². The highest BCUT2D eigenvalue weighted by atomic mass is 16.3. The first-order chi connectivity index (χ1) is 9.06. The molecule has 0 aliphatic heterocycles. The number of amides is 1. The molecule has 1 unspecified atom stereocenters. The minimum atomic E-state index is -0.342. The number of phenols is 2. The van der Waals surface area contributed by atoms with Gasteiger partial charge in [-0.1, -0.05) is 13.3 Å². The number of hydrogen-bond acceptors (Lipinski definition) is 4. The monoisotopic (exact) mass is 267 g/mol. The molecule has 0 fully saturated rings. The van der Waals surface area contributed by atoms with Crippen LogP contribution in [0, 0.1) is 5.92 Å². The van der Waals surface area contributed by atoms with Crippen molar-refractivity contribution in [2.45, 2.75) is 26.2 Å². The minimum absolute atomic E-state index is 0.105. The number of carbonyl (C=O) groups is 1. The number of aliphatic hydroxyl groups excluding tert-OH is 1. The van der Waals surface area contributed by atoms with Crippen LogP contribution in [0.4, 0.5) is 0 Å². The first-order valence-electron chi connectivity index (χ1n) is 6.49. The summed E-state index contributed by atoms with van der Waals surface area (Å²) in [6, 6.07) is 3.77. The zero-order valence-electron chi connectivity index (χ0n) is 11.1. The molecule has 0 heterocycles. The van der Waals surface area contributed by atoms with Gasteiger partial charge in [-0.15, -0.1) is 0 Å². The van der Waals surface area contributed by atoms with Crippen LogP contribution in [0.5, 0.6) is 11.5 Å². The summed E-state index contributed by atoms with van der Waals surface area (Å²) in [6.07, 6.45) is 2.58. The van der Waals surface area contributed by atoms with Gasteiger partial charge in [0.25, 0.3) is 5.91 Å². The maximum absolute atomic E-state index is 11.9. The Hall–Kier alpha value is -1.75. The molecule has 1 aromatic carbocycles. The molecule has 5 heteroatoms. The number of hydrogen-bond donors (Lipinski definition) is 4. The molecule has 1 atom stereocenters. The van der Waals surface area contributed by atoms with Gasteiger partial charge in [-0.05, 0) is 30.9 Å². The van der Waals surface area contributed by atoms with E-state index in [9.17, 15) is 15.0 Å². The highest BCUT2D eigenvalue weighted by Crippen LogP contribution is 2.20. The fourth-order valence-electron chi connectivity index (χ4n) is 2.00. The van der Waals surface area contributed by atoms with Crippen molar-refractivity contribution in [3.8, 4) is 11.5 Å². The zero-order valence-corrected chi connectivity index (χ0v) is 11.1. The highest BCUT2D eigenvalue weighted by Gasteiger charge is 2.12. The van der Waals surface area contributed by atoms with Crippen LogP contribution in [0.25, 0.3) is 0 Å². The summed E-state index contributed by atoms with van der Waals surface area (Å²) in [5.41, 5.74) is 0.219. The number of aromatic hydroxyl groups is 2. The van der Waals surface area contributed by atoms with Crippen LogP contribution in [0.15, 0.2) is 18.2 Å². The maximum Gasteiger partial charge on any atom is 0.251 e. The first kappa shape index (κ1) is 15.3. The summed E-state index contributed by atoms with van der Waals surface area (Å²) in [5, 5.41) is 30.3.